The number of methoxy groups -OCH3 is 8. The van der Waals surface area contributed by atoms with Gasteiger partial charge in [-0.2, -0.15) is 0 Å². The monoisotopic (exact) mass is 770 g/mol. The van der Waals surface area contributed by atoms with Gasteiger partial charge in [0.1, 0.15) is 0 Å². The van der Waals surface area contributed by atoms with E-state index < -0.39 is 12.7 Å². The molecule has 0 heterocycles. The van der Waals surface area contributed by atoms with Gasteiger partial charge in [0.2, 0.25) is 0 Å². The summed E-state index contributed by atoms with van der Waals surface area (Å²) < 4.78 is 88.0. The van der Waals surface area contributed by atoms with E-state index >= 15 is 7.67 Å². The summed E-state index contributed by atoms with van der Waals surface area (Å²) in [4.78, 5) is 0. The fourth-order valence-corrected chi connectivity index (χ4v) is 9.09. The topological polar surface area (TPSA) is 126 Å². The zero-order valence-corrected chi connectivity index (χ0v) is 31.6. The Kier molecular flexibility index (Phi) is 12.7. The summed E-state index contributed by atoms with van der Waals surface area (Å²) in [5, 5.41) is 0. The predicted octanol–water partition coefficient (Wildman–Crippen LogP) is 5.64. The number of hydrogen-bond donors (Lipinski definition) is 0. The molecule has 13 heteroatoms. The molecule has 0 atom stereocenters. The molecule has 0 aromatic heterocycles. The Labute approximate surface area is 299 Å². The number of hydrogen-bond acceptors (Lipinski definition) is 12. The van der Waals surface area contributed by atoms with Gasteiger partial charge in [-0.05, 0) is 0 Å². The summed E-state index contributed by atoms with van der Waals surface area (Å²) in [5.74, 6) is 2.70. The third-order valence-electron chi connectivity index (χ3n) is 7.78. The van der Waals surface area contributed by atoms with Crippen LogP contribution in [-0.2, 0) is 7.67 Å². The van der Waals surface area contributed by atoms with Gasteiger partial charge in [0, 0.05) is 0 Å². The zero-order chi connectivity index (χ0) is 37.3. The summed E-state index contributed by atoms with van der Waals surface area (Å²) in [7, 11) is 11.8. The van der Waals surface area contributed by atoms with E-state index in [1.165, 1.54) is 81.1 Å². The van der Waals surface area contributed by atoms with Crippen molar-refractivity contribution in [3.63, 3.8) is 0 Å². The second kappa shape index (κ2) is 16.9. The second-order valence-electron chi connectivity index (χ2n) is 10.5. The van der Waals surface area contributed by atoms with E-state index in [0.29, 0.717) is 45.6 Å². The van der Waals surface area contributed by atoms with E-state index in [-0.39, 0.29) is 56.3 Å². The van der Waals surface area contributed by atoms with Crippen molar-refractivity contribution in [1.29, 1.82) is 0 Å². The van der Waals surface area contributed by atoms with E-state index in [1.54, 1.807) is 36.4 Å². The van der Waals surface area contributed by atoms with E-state index in [9.17, 15) is 0 Å². The van der Waals surface area contributed by atoms with Crippen molar-refractivity contribution in [1.82, 2.24) is 0 Å². The molecule has 4 rings (SSSR count). The molecule has 51 heavy (non-hydrogen) atoms. The summed E-state index contributed by atoms with van der Waals surface area (Å²) in [6, 6.07) is 12.6. The average molecular weight is 770 g/mol. The first-order chi connectivity index (χ1) is 24.6. The predicted molar refractivity (Wildman–Crippen MR) is 194 cm³/mol. The van der Waals surface area contributed by atoms with Gasteiger partial charge < -0.3 is 0 Å². The Hall–Kier alpha value is -5.52. The van der Waals surface area contributed by atoms with Gasteiger partial charge >= 0.3 is 300 Å². The van der Waals surface area contributed by atoms with Crippen LogP contribution < -0.4 is 56.3 Å². The minimum absolute atomic E-state index is 0.0459. The first-order valence-electron chi connectivity index (χ1n) is 15.4. The third-order valence-corrected chi connectivity index (χ3v) is 11.6. The zero-order valence-electron chi connectivity index (χ0n) is 29.9. The fraction of sp³-hybridized carbons (Fsp3) is 0.263. The molecule has 0 radical (unpaired) electrons. The van der Waals surface area contributed by atoms with E-state index in [1.807, 2.05) is 0 Å². The van der Waals surface area contributed by atoms with E-state index in [4.69, 9.17) is 47.4 Å². The van der Waals surface area contributed by atoms with Gasteiger partial charge in [-0.25, -0.2) is 0 Å². The molecular formula is C38H42O12Se. The molecule has 0 aliphatic rings. The van der Waals surface area contributed by atoms with Gasteiger partial charge in [-0.1, -0.05) is 0 Å². The molecule has 272 valence electrons. The second-order valence-corrected chi connectivity index (χ2v) is 14.4. The van der Waals surface area contributed by atoms with Crippen LogP contribution in [0.1, 0.15) is 0 Å². The minimum atomic E-state index is -5.58. The van der Waals surface area contributed by atoms with Crippen LogP contribution in [0.5, 0.6) is 57.5 Å². The van der Waals surface area contributed by atoms with Gasteiger partial charge in [0.05, 0.1) is 0 Å². The van der Waals surface area contributed by atoms with Crippen LogP contribution in [-0.4, -0.2) is 82.8 Å². The Morgan fingerprint density at radius 1 is 0.471 bits per heavy atom. The summed E-state index contributed by atoms with van der Waals surface area (Å²) in [6.45, 7) is 7.63. The molecule has 0 unspecified atom stereocenters. The van der Waals surface area contributed by atoms with Crippen LogP contribution in [0.4, 0.5) is 0 Å². The van der Waals surface area contributed by atoms with Crippen LogP contribution in [0.3, 0.4) is 0 Å². The molecule has 0 spiro atoms. The van der Waals surface area contributed by atoms with Gasteiger partial charge in [0.25, 0.3) is 0 Å². The number of ether oxygens (including phenoxy) is 10. The van der Waals surface area contributed by atoms with E-state index in [2.05, 4.69) is 13.2 Å². The van der Waals surface area contributed by atoms with Crippen molar-refractivity contribution in [3.8, 4) is 79.7 Å². The molecule has 0 N–H and O–H groups in total. The molecule has 0 fully saturated rings. The molecule has 4 aromatic rings. The maximum absolute atomic E-state index is 15.4. The van der Waals surface area contributed by atoms with Crippen LogP contribution in [0, 0.1) is 0 Å². The van der Waals surface area contributed by atoms with Crippen molar-refractivity contribution in [3.05, 3.63) is 73.8 Å². The summed E-state index contributed by atoms with van der Waals surface area (Å²) >= 11 is -5.58. The molecule has 0 amide bonds. The van der Waals surface area contributed by atoms with Crippen LogP contribution in [0.2, 0.25) is 0 Å². The van der Waals surface area contributed by atoms with E-state index in [0.717, 1.165) is 0 Å². The molecule has 0 aliphatic heterocycles. The van der Waals surface area contributed by atoms with Crippen molar-refractivity contribution in [2.24, 2.45) is 0 Å². The Morgan fingerprint density at radius 2 is 0.784 bits per heavy atom. The Morgan fingerprint density at radius 3 is 1.04 bits per heavy atom. The first-order valence-corrected chi connectivity index (χ1v) is 18.5. The third kappa shape index (κ3) is 7.35. The molecule has 12 nitrogen and oxygen atoms in total. The average Bonchev–Trinajstić information content (AvgIpc) is 3.16. The van der Waals surface area contributed by atoms with Crippen molar-refractivity contribution in [2.45, 2.75) is 0 Å². The van der Waals surface area contributed by atoms with Crippen LogP contribution in [0.15, 0.2) is 73.8 Å². The van der Waals surface area contributed by atoms with Crippen molar-refractivity contribution in [2.75, 3.05) is 70.1 Å². The molecule has 0 bridgehead atoms. The van der Waals surface area contributed by atoms with Gasteiger partial charge in [-0.3, -0.25) is 0 Å². The Balaban J connectivity index is 2.22. The first kappa shape index (κ1) is 38.3. The molecule has 4 aromatic carbocycles. The molecular weight excluding hydrogens is 727 g/mol. The molecule has 0 aliphatic carbocycles. The van der Waals surface area contributed by atoms with Gasteiger partial charge in [0.15, 0.2) is 0 Å². The van der Waals surface area contributed by atoms with Crippen LogP contribution >= 0.6 is 0 Å². The number of rotatable bonds is 18. The summed E-state index contributed by atoms with van der Waals surface area (Å²) in [5.41, 5.74) is 1.16. The standard InChI is InChI=1S/C38H42O12Se/c1-11-17-49-37-25(41-3)13-15-31(33(37)23-19-27(43-5)35(47-9)28(20-23)44-6)51(39,40)32-16-14-26(42-4)38(50-18-12-2)34(32)24-21-29(45-7)36(48-10)30(22-24)46-8/h11-16,19-22H,1-2,17-18H2,3-10H3. The van der Waals surface area contributed by atoms with Crippen LogP contribution in [0.25, 0.3) is 22.3 Å². The number of benzene rings is 4. The normalized spacial score (nSPS) is 10.8. The summed E-state index contributed by atoms with van der Waals surface area (Å²) in [6.07, 6.45) is 3.08. The quantitative estimate of drug-likeness (QED) is 0.0919. The maximum atomic E-state index is 15.4. The van der Waals surface area contributed by atoms with Crippen molar-refractivity contribution < 1.29 is 55.0 Å². The molecule has 0 saturated carbocycles. The van der Waals surface area contributed by atoms with Gasteiger partial charge in [-0.15, -0.1) is 0 Å². The Bertz CT molecular complexity index is 1820. The SMILES string of the molecule is C=CCOc1c(OC)ccc([Se](=O)(=O)c2ccc(OC)c(OCC=C)c2-c2cc(OC)c(OC)c(OC)c2)c1-c1cc(OC)c(OC)c(OC)c1. The van der Waals surface area contributed by atoms with Crippen molar-refractivity contribution >= 4 is 21.6 Å². The fourth-order valence-electron chi connectivity index (χ4n) is 5.55. The molecule has 0 saturated heterocycles.